The molecule has 0 bridgehead atoms. The highest BCUT2D eigenvalue weighted by molar-refractivity contribution is 5.96. The summed E-state index contributed by atoms with van der Waals surface area (Å²) in [6.45, 7) is 0. The van der Waals surface area contributed by atoms with Gasteiger partial charge in [-0.05, 0) is 36.4 Å². The lowest BCUT2D eigenvalue weighted by Crippen LogP contribution is -2.01. The van der Waals surface area contributed by atoms with Crippen molar-refractivity contribution >= 4 is 11.8 Å². The van der Waals surface area contributed by atoms with Gasteiger partial charge in [0, 0.05) is 18.4 Å². The summed E-state index contributed by atoms with van der Waals surface area (Å²) in [6, 6.07) is 8.51. The minimum atomic E-state index is -0.555. The first-order chi connectivity index (χ1) is 9.60. The SMILES string of the molecule is COC(=O)c1ccc(CCC(=O)c2ccc(F)cc2)o1. The molecule has 0 saturated heterocycles. The predicted molar refractivity (Wildman–Crippen MR) is 69.1 cm³/mol. The van der Waals surface area contributed by atoms with Crippen LogP contribution in [0.2, 0.25) is 0 Å². The zero-order valence-corrected chi connectivity index (χ0v) is 10.9. The third-order valence-electron chi connectivity index (χ3n) is 2.81. The summed E-state index contributed by atoms with van der Waals surface area (Å²) in [5, 5.41) is 0. The molecular formula is C15H13FO4. The van der Waals surface area contributed by atoms with Crippen LogP contribution in [-0.2, 0) is 11.2 Å². The average molecular weight is 276 g/mol. The maximum absolute atomic E-state index is 12.7. The third kappa shape index (κ3) is 3.32. The molecule has 4 nitrogen and oxygen atoms in total. The van der Waals surface area contributed by atoms with Gasteiger partial charge >= 0.3 is 5.97 Å². The van der Waals surface area contributed by atoms with E-state index in [0.29, 0.717) is 17.7 Å². The summed E-state index contributed by atoms with van der Waals surface area (Å²) in [4.78, 5) is 23.1. The van der Waals surface area contributed by atoms with E-state index in [-0.39, 0.29) is 23.8 Å². The molecular weight excluding hydrogens is 263 g/mol. The van der Waals surface area contributed by atoms with Gasteiger partial charge < -0.3 is 9.15 Å². The van der Waals surface area contributed by atoms with E-state index < -0.39 is 5.97 Å². The summed E-state index contributed by atoms with van der Waals surface area (Å²) >= 11 is 0. The highest BCUT2D eigenvalue weighted by atomic mass is 19.1. The van der Waals surface area contributed by atoms with Crippen LogP contribution in [0.25, 0.3) is 0 Å². The molecule has 1 aromatic heterocycles. The highest BCUT2D eigenvalue weighted by Crippen LogP contribution is 2.13. The molecule has 0 spiro atoms. The zero-order valence-electron chi connectivity index (χ0n) is 10.9. The van der Waals surface area contributed by atoms with Crippen molar-refractivity contribution in [2.24, 2.45) is 0 Å². The zero-order chi connectivity index (χ0) is 14.5. The molecule has 0 aliphatic rings. The lowest BCUT2D eigenvalue weighted by Gasteiger charge is -2.00. The summed E-state index contributed by atoms with van der Waals surface area (Å²) in [7, 11) is 1.27. The first-order valence-electron chi connectivity index (χ1n) is 6.06. The normalized spacial score (nSPS) is 10.3. The van der Waals surface area contributed by atoms with Crippen molar-refractivity contribution < 1.29 is 23.1 Å². The van der Waals surface area contributed by atoms with Gasteiger partial charge in [-0.15, -0.1) is 0 Å². The Kier molecular flexibility index (Phi) is 4.30. The van der Waals surface area contributed by atoms with E-state index in [1.165, 1.54) is 37.4 Å². The molecule has 104 valence electrons. The molecule has 0 radical (unpaired) electrons. The van der Waals surface area contributed by atoms with Crippen LogP contribution in [0.3, 0.4) is 0 Å². The van der Waals surface area contributed by atoms with E-state index in [9.17, 15) is 14.0 Å². The Morgan fingerprint density at radius 2 is 1.85 bits per heavy atom. The number of ether oxygens (including phenoxy) is 1. The number of Topliss-reactive ketones (excluding diaryl/α,β-unsaturated/α-hetero) is 1. The van der Waals surface area contributed by atoms with E-state index >= 15 is 0 Å². The number of carbonyl (C=O) groups excluding carboxylic acids is 2. The maximum Gasteiger partial charge on any atom is 0.373 e. The number of hydrogen-bond donors (Lipinski definition) is 0. The lowest BCUT2D eigenvalue weighted by molar-refractivity contribution is 0.0563. The molecule has 1 heterocycles. The number of hydrogen-bond acceptors (Lipinski definition) is 4. The topological polar surface area (TPSA) is 56.5 Å². The van der Waals surface area contributed by atoms with Gasteiger partial charge in [0.25, 0.3) is 0 Å². The molecule has 20 heavy (non-hydrogen) atoms. The summed E-state index contributed by atoms with van der Waals surface area (Å²) in [6.07, 6.45) is 0.590. The van der Waals surface area contributed by atoms with Crippen LogP contribution in [0.4, 0.5) is 4.39 Å². The molecule has 0 atom stereocenters. The van der Waals surface area contributed by atoms with Gasteiger partial charge in [0.15, 0.2) is 5.78 Å². The van der Waals surface area contributed by atoms with E-state index in [2.05, 4.69) is 4.74 Å². The number of esters is 1. The quantitative estimate of drug-likeness (QED) is 0.622. The Labute approximate surface area is 115 Å². The Balaban J connectivity index is 1.95. The van der Waals surface area contributed by atoms with Crippen LogP contribution in [0.5, 0.6) is 0 Å². The minimum Gasteiger partial charge on any atom is -0.463 e. The molecule has 0 aliphatic heterocycles. The predicted octanol–water partition coefficient (Wildman–Crippen LogP) is 3.02. The van der Waals surface area contributed by atoms with E-state index in [1.807, 2.05) is 0 Å². The van der Waals surface area contributed by atoms with Crippen LogP contribution in [0.1, 0.15) is 33.1 Å². The van der Waals surface area contributed by atoms with Crippen molar-refractivity contribution in [1.82, 2.24) is 0 Å². The van der Waals surface area contributed by atoms with Gasteiger partial charge in [-0.25, -0.2) is 9.18 Å². The van der Waals surface area contributed by atoms with Crippen LogP contribution < -0.4 is 0 Å². The maximum atomic E-state index is 12.7. The smallest absolute Gasteiger partial charge is 0.373 e. The van der Waals surface area contributed by atoms with Crippen LogP contribution in [0.15, 0.2) is 40.8 Å². The second kappa shape index (κ2) is 6.14. The average Bonchev–Trinajstić information content (AvgIpc) is 2.93. The van der Waals surface area contributed by atoms with Gasteiger partial charge in [0.2, 0.25) is 5.76 Å². The molecule has 5 heteroatoms. The second-order valence-corrected chi connectivity index (χ2v) is 4.19. The second-order valence-electron chi connectivity index (χ2n) is 4.19. The monoisotopic (exact) mass is 276 g/mol. The number of halogens is 1. The van der Waals surface area contributed by atoms with Crippen LogP contribution in [-0.4, -0.2) is 18.9 Å². The fraction of sp³-hybridized carbons (Fsp3) is 0.200. The van der Waals surface area contributed by atoms with Gasteiger partial charge in [-0.2, -0.15) is 0 Å². The minimum absolute atomic E-state index is 0.108. The highest BCUT2D eigenvalue weighted by Gasteiger charge is 2.12. The Morgan fingerprint density at radius 3 is 2.50 bits per heavy atom. The van der Waals surface area contributed by atoms with Gasteiger partial charge in [0.1, 0.15) is 11.6 Å². The molecule has 2 aromatic rings. The molecule has 0 saturated carbocycles. The van der Waals surface area contributed by atoms with Gasteiger partial charge in [-0.1, -0.05) is 0 Å². The molecule has 0 aliphatic carbocycles. The standard InChI is InChI=1S/C15H13FO4/c1-19-15(18)14-9-7-12(20-14)6-8-13(17)10-2-4-11(16)5-3-10/h2-5,7,9H,6,8H2,1H3. The fourth-order valence-corrected chi connectivity index (χ4v) is 1.74. The fourth-order valence-electron chi connectivity index (χ4n) is 1.74. The molecule has 0 N–H and O–H groups in total. The van der Waals surface area contributed by atoms with Crippen molar-refractivity contribution in [3.63, 3.8) is 0 Å². The largest absolute Gasteiger partial charge is 0.463 e. The third-order valence-corrected chi connectivity index (χ3v) is 2.81. The van der Waals surface area contributed by atoms with E-state index in [0.717, 1.165) is 0 Å². The number of aryl methyl sites for hydroxylation is 1. The number of rotatable bonds is 5. The number of methoxy groups -OCH3 is 1. The Bertz CT molecular complexity index is 613. The van der Waals surface area contributed by atoms with Crippen molar-refractivity contribution in [2.75, 3.05) is 7.11 Å². The number of ketones is 1. The lowest BCUT2D eigenvalue weighted by atomic mass is 10.1. The first-order valence-corrected chi connectivity index (χ1v) is 6.06. The summed E-state index contributed by atoms with van der Waals surface area (Å²) < 4.78 is 22.5. The Morgan fingerprint density at radius 1 is 1.15 bits per heavy atom. The van der Waals surface area contributed by atoms with Crippen molar-refractivity contribution in [3.05, 3.63) is 59.3 Å². The molecule has 0 amide bonds. The van der Waals surface area contributed by atoms with Crippen LogP contribution in [0, 0.1) is 5.82 Å². The number of furan rings is 1. The summed E-state index contributed by atoms with van der Waals surface area (Å²) in [5.74, 6) is -0.407. The molecule has 0 unspecified atom stereocenters. The first kappa shape index (κ1) is 14.0. The number of benzene rings is 1. The van der Waals surface area contributed by atoms with Gasteiger partial charge in [0.05, 0.1) is 7.11 Å². The van der Waals surface area contributed by atoms with Crippen LogP contribution >= 0.6 is 0 Å². The Hall–Kier alpha value is -2.43. The van der Waals surface area contributed by atoms with Crippen molar-refractivity contribution in [1.29, 1.82) is 0 Å². The molecule has 2 rings (SSSR count). The van der Waals surface area contributed by atoms with Gasteiger partial charge in [-0.3, -0.25) is 4.79 Å². The molecule has 1 aromatic carbocycles. The van der Waals surface area contributed by atoms with Crippen molar-refractivity contribution in [2.45, 2.75) is 12.8 Å². The number of carbonyl (C=O) groups is 2. The van der Waals surface area contributed by atoms with Crippen molar-refractivity contribution in [3.8, 4) is 0 Å². The van der Waals surface area contributed by atoms with E-state index in [4.69, 9.17) is 4.42 Å². The summed E-state index contributed by atoms with van der Waals surface area (Å²) in [5.41, 5.74) is 0.450. The van der Waals surface area contributed by atoms with E-state index in [1.54, 1.807) is 6.07 Å². The molecule has 0 fully saturated rings.